The summed E-state index contributed by atoms with van der Waals surface area (Å²) in [6, 6.07) is 3.13. The van der Waals surface area contributed by atoms with Gasteiger partial charge in [0.05, 0.1) is 19.0 Å². The van der Waals surface area contributed by atoms with Crippen LogP contribution in [0.5, 0.6) is 5.88 Å². The van der Waals surface area contributed by atoms with Crippen molar-refractivity contribution >= 4 is 11.5 Å². The van der Waals surface area contributed by atoms with Crippen LogP contribution in [0.15, 0.2) is 30.7 Å². The van der Waals surface area contributed by atoms with Gasteiger partial charge in [-0.2, -0.15) is 0 Å². The number of aromatic nitrogens is 3. The molecule has 0 amide bonds. The maximum atomic E-state index is 12.1. The van der Waals surface area contributed by atoms with E-state index in [2.05, 4.69) is 15.0 Å². The van der Waals surface area contributed by atoms with Gasteiger partial charge in [-0.05, 0) is 12.1 Å². The number of rotatable bonds is 3. The largest absolute Gasteiger partial charge is 0.479 e. The van der Waals surface area contributed by atoms with Crippen molar-refractivity contribution < 1.29 is 9.53 Å². The molecule has 6 heteroatoms. The summed E-state index contributed by atoms with van der Waals surface area (Å²) >= 11 is 0. The van der Waals surface area contributed by atoms with Gasteiger partial charge >= 0.3 is 0 Å². The normalized spacial score (nSPS) is 9.94. The molecule has 2 aromatic rings. The fourth-order valence-electron chi connectivity index (χ4n) is 1.29. The number of carbonyl (C=O) groups excluding carboxylic acids is 1. The van der Waals surface area contributed by atoms with E-state index in [1.165, 1.54) is 31.8 Å². The van der Waals surface area contributed by atoms with E-state index < -0.39 is 0 Å². The highest BCUT2D eigenvalue weighted by atomic mass is 16.5. The molecule has 0 radical (unpaired) electrons. The molecule has 2 heterocycles. The Labute approximate surface area is 97.5 Å². The van der Waals surface area contributed by atoms with Gasteiger partial charge in [0.15, 0.2) is 5.69 Å². The fraction of sp³-hybridized carbons (Fsp3) is 0.0909. The Balaban J connectivity index is 2.40. The standard InChI is InChI=1S/C11H10N4O2/c1-17-11-9(13-4-5-14-11)10(16)8-3-2-7(12)6-15-8/h2-6H,12H2,1H3. The number of anilines is 1. The Hall–Kier alpha value is -2.50. The molecule has 0 unspecified atom stereocenters. The molecular formula is C11H10N4O2. The topological polar surface area (TPSA) is 91.0 Å². The van der Waals surface area contributed by atoms with Crippen molar-refractivity contribution in [1.82, 2.24) is 15.0 Å². The second-order valence-electron chi connectivity index (χ2n) is 3.22. The van der Waals surface area contributed by atoms with E-state index in [1.807, 2.05) is 0 Å². The Morgan fingerprint density at radius 3 is 2.65 bits per heavy atom. The predicted octanol–water partition coefficient (Wildman–Crippen LogP) is 0.693. The van der Waals surface area contributed by atoms with Gasteiger partial charge in [0.2, 0.25) is 11.7 Å². The third-order valence-corrected chi connectivity index (χ3v) is 2.09. The lowest BCUT2D eigenvalue weighted by atomic mass is 10.2. The molecule has 6 nitrogen and oxygen atoms in total. The van der Waals surface area contributed by atoms with Crippen LogP contribution in [0.3, 0.4) is 0 Å². The third kappa shape index (κ3) is 2.20. The molecule has 0 bridgehead atoms. The summed E-state index contributed by atoms with van der Waals surface area (Å²) in [5.74, 6) is -0.175. The minimum Gasteiger partial charge on any atom is -0.479 e. The van der Waals surface area contributed by atoms with Gasteiger partial charge in [-0.1, -0.05) is 0 Å². The second-order valence-corrected chi connectivity index (χ2v) is 3.22. The SMILES string of the molecule is COc1nccnc1C(=O)c1ccc(N)cn1. The summed E-state index contributed by atoms with van der Waals surface area (Å²) in [4.78, 5) is 23.8. The molecule has 0 aliphatic heterocycles. The molecule has 2 rings (SSSR count). The lowest BCUT2D eigenvalue weighted by Gasteiger charge is -2.04. The van der Waals surface area contributed by atoms with Gasteiger partial charge in [-0.15, -0.1) is 0 Å². The summed E-state index contributed by atoms with van der Waals surface area (Å²) < 4.78 is 4.96. The molecule has 2 aromatic heterocycles. The summed E-state index contributed by atoms with van der Waals surface area (Å²) in [5, 5.41) is 0. The average Bonchev–Trinajstić information content (AvgIpc) is 2.39. The Morgan fingerprint density at radius 2 is 2.00 bits per heavy atom. The van der Waals surface area contributed by atoms with E-state index in [0.29, 0.717) is 5.69 Å². The third-order valence-electron chi connectivity index (χ3n) is 2.09. The molecule has 0 aliphatic rings. The van der Waals surface area contributed by atoms with Crippen LogP contribution < -0.4 is 10.5 Å². The molecule has 86 valence electrons. The van der Waals surface area contributed by atoms with Crippen molar-refractivity contribution in [2.75, 3.05) is 12.8 Å². The van der Waals surface area contributed by atoms with Crippen LogP contribution in [0.25, 0.3) is 0 Å². The molecule has 0 fully saturated rings. The predicted molar refractivity (Wildman–Crippen MR) is 60.7 cm³/mol. The number of nitrogens with two attached hydrogens (primary N) is 1. The number of hydrogen-bond acceptors (Lipinski definition) is 6. The van der Waals surface area contributed by atoms with Crippen LogP contribution in [-0.4, -0.2) is 27.8 Å². The van der Waals surface area contributed by atoms with Crippen LogP contribution in [0.4, 0.5) is 5.69 Å². The van der Waals surface area contributed by atoms with E-state index in [-0.39, 0.29) is 23.1 Å². The van der Waals surface area contributed by atoms with Crippen LogP contribution in [0.1, 0.15) is 16.2 Å². The lowest BCUT2D eigenvalue weighted by Crippen LogP contribution is -2.09. The molecule has 0 saturated heterocycles. The average molecular weight is 230 g/mol. The number of nitrogens with zero attached hydrogens (tertiary/aromatic N) is 3. The number of hydrogen-bond donors (Lipinski definition) is 1. The van der Waals surface area contributed by atoms with Crippen LogP contribution in [-0.2, 0) is 0 Å². The van der Waals surface area contributed by atoms with Gasteiger partial charge in [0.1, 0.15) is 5.69 Å². The van der Waals surface area contributed by atoms with E-state index in [1.54, 1.807) is 6.07 Å². The molecule has 17 heavy (non-hydrogen) atoms. The smallest absolute Gasteiger partial charge is 0.243 e. The Morgan fingerprint density at radius 1 is 1.24 bits per heavy atom. The fourth-order valence-corrected chi connectivity index (χ4v) is 1.29. The zero-order chi connectivity index (χ0) is 12.3. The van der Waals surface area contributed by atoms with Crippen molar-refractivity contribution in [1.29, 1.82) is 0 Å². The van der Waals surface area contributed by atoms with Crippen molar-refractivity contribution in [3.8, 4) is 5.88 Å². The first-order valence-electron chi connectivity index (χ1n) is 4.83. The Kier molecular flexibility index (Phi) is 2.95. The van der Waals surface area contributed by atoms with E-state index in [4.69, 9.17) is 10.5 Å². The van der Waals surface area contributed by atoms with E-state index in [0.717, 1.165) is 0 Å². The number of pyridine rings is 1. The number of ether oxygens (including phenoxy) is 1. The quantitative estimate of drug-likeness (QED) is 0.780. The number of ketones is 1. The van der Waals surface area contributed by atoms with Crippen molar-refractivity contribution in [3.05, 3.63) is 42.1 Å². The minimum atomic E-state index is -0.352. The van der Waals surface area contributed by atoms with Gasteiger partial charge in [-0.25, -0.2) is 9.97 Å². The monoisotopic (exact) mass is 230 g/mol. The minimum absolute atomic E-state index is 0.132. The molecule has 0 spiro atoms. The van der Waals surface area contributed by atoms with Gasteiger partial charge < -0.3 is 10.5 Å². The number of carbonyl (C=O) groups is 1. The molecule has 0 atom stereocenters. The molecule has 0 aliphatic carbocycles. The number of nitrogen functional groups attached to an aromatic ring is 1. The van der Waals surface area contributed by atoms with Gasteiger partial charge in [0, 0.05) is 12.4 Å². The van der Waals surface area contributed by atoms with Gasteiger partial charge in [0.25, 0.3) is 0 Å². The van der Waals surface area contributed by atoms with Crippen molar-refractivity contribution in [3.63, 3.8) is 0 Å². The van der Waals surface area contributed by atoms with Crippen LogP contribution in [0.2, 0.25) is 0 Å². The summed E-state index contributed by atoms with van der Waals surface area (Å²) in [6.45, 7) is 0. The first kappa shape index (κ1) is 11.0. The highest BCUT2D eigenvalue weighted by Gasteiger charge is 2.17. The molecule has 2 N–H and O–H groups in total. The Bertz CT molecular complexity index is 539. The highest BCUT2D eigenvalue weighted by molar-refractivity contribution is 6.07. The van der Waals surface area contributed by atoms with Crippen molar-refractivity contribution in [2.45, 2.75) is 0 Å². The van der Waals surface area contributed by atoms with Crippen LogP contribution in [0, 0.1) is 0 Å². The zero-order valence-corrected chi connectivity index (χ0v) is 9.12. The van der Waals surface area contributed by atoms with E-state index >= 15 is 0 Å². The van der Waals surface area contributed by atoms with Gasteiger partial charge in [-0.3, -0.25) is 9.78 Å². The van der Waals surface area contributed by atoms with E-state index in [9.17, 15) is 4.79 Å². The second kappa shape index (κ2) is 4.56. The molecular weight excluding hydrogens is 220 g/mol. The first-order chi connectivity index (χ1) is 8.22. The molecule has 0 aromatic carbocycles. The summed E-state index contributed by atoms with van der Waals surface area (Å²) in [7, 11) is 1.43. The van der Waals surface area contributed by atoms with Crippen molar-refractivity contribution in [2.24, 2.45) is 0 Å². The maximum Gasteiger partial charge on any atom is 0.243 e. The first-order valence-corrected chi connectivity index (χ1v) is 4.83. The summed E-state index contributed by atoms with van der Waals surface area (Å²) in [5.41, 5.74) is 6.37. The maximum absolute atomic E-state index is 12.1. The van der Waals surface area contributed by atoms with Crippen LogP contribution >= 0.6 is 0 Å². The molecule has 0 saturated carbocycles. The highest BCUT2D eigenvalue weighted by Crippen LogP contribution is 2.15. The number of methoxy groups -OCH3 is 1. The summed E-state index contributed by atoms with van der Waals surface area (Å²) in [6.07, 6.45) is 4.29. The lowest BCUT2D eigenvalue weighted by molar-refractivity contribution is 0.102. The zero-order valence-electron chi connectivity index (χ0n) is 9.12.